The van der Waals surface area contributed by atoms with Gasteiger partial charge in [0.1, 0.15) is 6.04 Å². The largest absolute Gasteiger partial charge is 0.481 e. The zero-order valence-corrected chi connectivity index (χ0v) is 13.9. The maximum Gasteiger partial charge on any atom is 0.305 e. The number of hydrogen-bond acceptors (Lipinski definition) is 5. The van der Waals surface area contributed by atoms with Gasteiger partial charge in [0.15, 0.2) is 11.5 Å². The minimum Gasteiger partial charge on any atom is -0.481 e. The van der Waals surface area contributed by atoms with E-state index in [-0.39, 0.29) is 31.6 Å². The fourth-order valence-corrected chi connectivity index (χ4v) is 3.09. The van der Waals surface area contributed by atoms with Gasteiger partial charge in [-0.05, 0) is 31.0 Å². The third-order valence-electron chi connectivity index (χ3n) is 4.46. The zero-order valence-electron chi connectivity index (χ0n) is 13.9. The van der Waals surface area contributed by atoms with Gasteiger partial charge >= 0.3 is 5.97 Å². The summed E-state index contributed by atoms with van der Waals surface area (Å²) in [6.07, 6.45) is 1.19. The van der Waals surface area contributed by atoms with Crippen molar-refractivity contribution in [2.75, 3.05) is 26.9 Å². The molecule has 0 saturated carbocycles. The Bertz CT molecular complexity index is 704. The first kappa shape index (κ1) is 17.1. The van der Waals surface area contributed by atoms with Crippen molar-refractivity contribution in [3.63, 3.8) is 0 Å². The Morgan fingerprint density at radius 1 is 1.28 bits per heavy atom. The highest BCUT2D eigenvalue weighted by Gasteiger charge is 2.36. The number of benzene rings is 1. The molecule has 25 heavy (non-hydrogen) atoms. The van der Waals surface area contributed by atoms with Gasteiger partial charge < -0.3 is 24.4 Å². The van der Waals surface area contributed by atoms with Gasteiger partial charge in [0.25, 0.3) is 5.91 Å². The monoisotopic (exact) mass is 348 g/mol. The molecular weight excluding hydrogens is 328 g/mol. The first-order valence-electron chi connectivity index (χ1n) is 8.15. The molecule has 3 rings (SSSR count). The summed E-state index contributed by atoms with van der Waals surface area (Å²) in [5.74, 6) is -0.307. The molecule has 8 heteroatoms. The van der Waals surface area contributed by atoms with Gasteiger partial charge in [-0.1, -0.05) is 0 Å². The average Bonchev–Trinajstić information content (AvgIpc) is 3.26. The average molecular weight is 348 g/mol. The first-order valence-corrected chi connectivity index (χ1v) is 8.15. The van der Waals surface area contributed by atoms with Crippen LogP contribution in [0.2, 0.25) is 0 Å². The Morgan fingerprint density at radius 3 is 2.80 bits per heavy atom. The van der Waals surface area contributed by atoms with Gasteiger partial charge in [0.2, 0.25) is 12.7 Å². The van der Waals surface area contributed by atoms with E-state index in [1.54, 1.807) is 30.1 Å². The SMILES string of the molecule is CN(CCC(=O)O)C(=O)C1CCCN1C(=O)c1ccc2c(c1)OCO2. The van der Waals surface area contributed by atoms with Crippen LogP contribution in [-0.4, -0.2) is 65.7 Å². The van der Waals surface area contributed by atoms with E-state index in [0.717, 1.165) is 6.42 Å². The number of likely N-dealkylation sites (N-methyl/N-ethyl adjacent to an activating group) is 1. The van der Waals surface area contributed by atoms with Crippen molar-refractivity contribution in [1.29, 1.82) is 0 Å². The van der Waals surface area contributed by atoms with Crippen molar-refractivity contribution in [3.05, 3.63) is 23.8 Å². The van der Waals surface area contributed by atoms with Crippen LogP contribution < -0.4 is 9.47 Å². The van der Waals surface area contributed by atoms with Gasteiger partial charge in [-0.3, -0.25) is 14.4 Å². The Kier molecular flexibility index (Phi) is 4.78. The summed E-state index contributed by atoms with van der Waals surface area (Å²) < 4.78 is 10.5. The summed E-state index contributed by atoms with van der Waals surface area (Å²) in [5.41, 5.74) is 0.442. The van der Waals surface area contributed by atoms with Crippen LogP contribution in [0.25, 0.3) is 0 Å². The number of nitrogens with zero attached hydrogens (tertiary/aromatic N) is 2. The number of carbonyl (C=O) groups is 3. The number of likely N-dealkylation sites (tertiary alicyclic amines) is 1. The number of carboxylic acids is 1. The molecule has 2 amide bonds. The van der Waals surface area contributed by atoms with E-state index < -0.39 is 12.0 Å². The number of fused-ring (bicyclic) bond motifs is 1. The quantitative estimate of drug-likeness (QED) is 0.851. The summed E-state index contributed by atoms with van der Waals surface area (Å²) in [6, 6.07) is 4.40. The molecule has 8 nitrogen and oxygen atoms in total. The standard InChI is InChI=1S/C17H20N2O6/c1-18(8-6-15(20)21)17(23)12-3-2-7-19(12)16(22)11-4-5-13-14(9-11)25-10-24-13/h4-5,9,12H,2-3,6-8,10H2,1H3,(H,20,21). The van der Waals surface area contributed by atoms with Gasteiger partial charge in [-0.25, -0.2) is 0 Å². The van der Waals surface area contributed by atoms with Crippen LogP contribution in [0.5, 0.6) is 11.5 Å². The Morgan fingerprint density at radius 2 is 2.04 bits per heavy atom. The molecule has 1 atom stereocenters. The normalized spacial score (nSPS) is 18.3. The molecule has 1 N–H and O–H groups in total. The van der Waals surface area contributed by atoms with Crippen LogP contribution in [0.15, 0.2) is 18.2 Å². The molecular formula is C17H20N2O6. The lowest BCUT2D eigenvalue weighted by molar-refractivity contribution is -0.139. The maximum atomic E-state index is 12.8. The van der Waals surface area contributed by atoms with Crippen molar-refractivity contribution in [1.82, 2.24) is 9.80 Å². The maximum absolute atomic E-state index is 12.8. The van der Waals surface area contributed by atoms with Crippen LogP contribution in [0.4, 0.5) is 0 Å². The van der Waals surface area contributed by atoms with Crippen LogP contribution in [-0.2, 0) is 9.59 Å². The molecule has 0 radical (unpaired) electrons. The molecule has 2 heterocycles. The lowest BCUT2D eigenvalue weighted by atomic mass is 10.1. The fraction of sp³-hybridized carbons (Fsp3) is 0.471. The van der Waals surface area contributed by atoms with Crippen molar-refractivity contribution in [2.45, 2.75) is 25.3 Å². The van der Waals surface area contributed by atoms with Crippen LogP contribution in [0, 0.1) is 0 Å². The second-order valence-electron chi connectivity index (χ2n) is 6.13. The van der Waals surface area contributed by atoms with E-state index in [2.05, 4.69) is 0 Å². The Balaban J connectivity index is 1.71. The third-order valence-corrected chi connectivity index (χ3v) is 4.46. The highest BCUT2D eigenvalue weighted by molar-refractivity contribution is 5.98. The summed E-state index contributed by atoms with van der Waals surface area (Å²) >= 11 is 0. The minimum atomic E-state index is -0.959. The van der Waals surface area contributed by atoms with Crippen molar-refractivity contribution in [2.24, 2.45) is 0 Å². The van der Waals surface area contributed by atoms with Crippen LogP contribution in [0.3, 0.4) is 0 Å². The predicted octanol–water partition coefficient (Wildman–Crippen LogP) is 0.953. The minimum absolute atomic E-state index is 0.120. The molecule has 1 aromatic rings. The van der Waals surface area contributed by atoms with E-state index >= 15 is 0 Å². The molecule has 0 spiro atoms. The predicted molar refractivity (Wildman–Crippen MR) is 86.5 cm³/mol. The van der Waals surface area contributed by atoms with E-state index in [0.29, 0.717) is 30.0 Å². The van der Waals surface area contributed by atoms with Crippen LogP contribution in [0.1, 0.15) is 29.6 Å². The van der Waals surface area contributed by atoms with E-state index in [1.807, 2.05) is 0 Å². The van der Waals surface area contributed by atoms with Crippen molar-refractivity contribution >= 4 is 17.8 Å². The van der Waals surface area contributed by atoms with E-state index in [9.17, 15) is 14.4 Å². The number of amides is 2. The molecule has 1 aromatic carbocycles. The van der Waals surface area contributed by atoms with Crippen molar-refractivity contribution < 1.29 is 29.0 Å². The number of ether oxygens (including phenoxy) is 2. The molecule has 0 aliphatic carbocycles. The topological polar surface area (TPSA) is 96.4 Å². The number of carbonyl (C=O) groups excluding carboxylic acids is 2. The molecule has 134 valence electrons. The molecule has 1 fully saturated rings. The zero-order chi connectivity index (χ0) is 18.0. The van der Waals surface area contributed by atoms with Gasteiger partial charge in [0, 0.05) is 25.7 Å². The molecule has 2 aliphatic rings. The lowest BCUT2D eigenvalue weighted by Crippen LogP contribution is -2.47. The molecule has 0 bridgehead atoms. The van der Waals surface area contributed by atoms with E-state index in [4.69, 9.17) is 14.6 Å². The molecule has 1 saturated heterocycles. The Hall–Kier alpha value is -2.77. The number of hydrogen-bond donors (Lipinski definition) is 1. The third kappa shape index (κ3) is 3.52. The van der Waals surface area contributed by atoms with E-state index in [1.165, 1.54) is 4.90 Å². The van der Waals surface area contributed by atoms with Crippen molar-refractivity contribution in [3.8, 4) is 11.5 Å². The second-order valence-corrected chi connectivity index (χ2v) is 6.13. The highest BCUT2D eigenvalue weighted by atomic mass is 16.7. The van der Waals surface area contributed by atoms with Gasteiger partial charge in [-0.2, -0.15) is 0 Å². The molecule has 2 aliphatic heterocycles. The Labute approximate surface area is 144 Å². The molecule has 1 unspecified atom stereocenters. The summed E-state index contributed by atoms with van der Waals surface area (Å²) in [4.78, 5) is 39.0. The number of carboxylic acid groups (broad SMARTS) is 1. The van der Waals surface area contributed by atoms with Gasteiger partial charge in [0.05, 0.1) is 6.42 Å². The number of aliphatic carboxylic acids is 1. The van der Waals surface area contributed by atoms with Gasteiger partial charge in [-0.15, -0.1) is 0 Å². The summed E-state index contributed by atoms with van der Waals surface area (Å²) in [7, 11) is 1.56. The summed E-state index contributed by atoms with van der Waals surface area (Å²) in [6.45, 7) is 0.749. The highest BCUT2D eigenvalue weighted by Crippen LogP contribution is 2.33. The fourth-order valence-electron chi connectivity index (χ4n) is 3.09. The smallest absolute Gasteiger partial charge is 0.305 e. The summed E-state index contributed by atoms with van der Waals surface area (Å²) in [5, 5.41) is 8.75. The lowest BCUT2D eigenvalue weighted by Gasteiger charge is -2.28. The van der Waals surface area contributed by atoms with Crippen LogP contribution >= 0.6 is 0 Å². The molecule has 0 aromatic heterocycles. The number of rotatable bonds is 5. The second kappa shape index (κ2) is 7.00. The first-order chi connectivity index (χ1) is 12.0.